The highest BCUT2D eigenvalue weighted by Gasteiger charge is 2.30. The van der Waals surface area contributed by atoms with Crippen molar-refractivity contribution in [3.05, 3.63) is 65.7 Å². The summed E-state index contributed by atoms with van der Waals surface area (Å²) < 4.78 is 0. The van der Waals surface area contributed by atoms with Crippen LogP contribution in [-0.2, 0) is 0 Å². The molecule has 138 valence electrons. The van der Waals surface area contributed by atoms with E-state index in [0.717, 1.165) is 40.6 Å². The fourth-order valence-corrected chi connectivity index (χ4v) is 4.31. The summed E-state index contributed by atoms with van der Waals surface area (Å²) in [5.41, 5.74) is 4.75. The zero-order chi connectivity index (χ0) is 19.0. The van der Waals surface area contributed by atoms with Crippen molar-refractivity contribution in [3.63, 3.8) is 0 Å². The van der Waals surface area contributed by atoms with E-state index in [2.05, 4.69) is 37.8 Å². The zero-order valence-corrected chi connectivity index (χ0v) is 16.3. The minimum atomic E-state index is 0.128. The Balaban J connectivity index is 1.89. The van der Waals surface area contributed by atoms with Gasteiger partial charge in [-0.1, -0.05) is 42.5 Å². The highest BCUT2D eigenvalue weighted by atomic mass is 16.2. The minimum Gasteiger partial charge on any atom is -0.333 e. The van der Waals surface area contributed by atoms with Gasteiger partial charge in [0.15, 0.2) is 0 Å². The van der Waals surface area contributed by atoms with Crippen LogP contribution in [-0.4, -0.2) is 27.9 Å². The van der Waals surface area contributed by atoms with E-state index in [-0.39, 0.29) is 18.0 Å². The molecule has 0 saturated carbocycles. The van der Waals surface area contributed by atoms with Gasteiger partial charge >= 0.3 is 0 Å². The van der Waals surface area contributed by atoms with Crippen molar-refractivity contribution in [2.24, 2.45) is 0 Å². The van der Waals surface area contributed by atoms with Gasteiger partial charge in [0.2, 0.25) is 0 Å². The van der Waals surface area contributed by atoms with E-state index in [0.29, 0.717) is 0 Å². The summed E-state index contributed by atoms with van der Waals surface area (Å²) in [6.45, 7) is 6.42. The van der Waals surface area contributed by atoms with Crippen LogP contribution in [0.4, 0.5) is 0 Å². The van der Waals surface area contributed by atoms with Gasteiger partial charge in [0, 0.05) is 23.0 Å². The number of carbonyl (C=O) groups excluding carboxylic acids is 1. The number of likely N-dealkylation sites (tertiary alicyclic amines) is 1. The van der Waals surface area contributed by atoms with Gasteiger partial charge in [0.05, 0.1) is 16.8 Å². The normalized spacial score (nSPS) is 20.0. The summed E-state index contributed by atoms with van der Waals surface area (Å²) in [6.07, 6.45) is 3.34. The van der Waals surface area contributed by atoms with Crippen LogP contribution in [0.15, 0.2) is 54.6 Å². The maximum absolute atomic E-state index is 13.6. The molecule has 2 aromatic carbocycles. The quantitative estimate of drug-likeness (QED) is 0.596. The third kappa shape index (κ3) is 3.23. The molecule has 1 aliphatic rings. The summed E-state index contributed by atoms with van der Waals surface area (Å²) in [5.74, 6) is 0.128. The van der Waals surface area contributed by atoms with Crippen LogP contribution < -0.4 is 0 Å². The number of pyridine rings is 1. The number of para-hydroxylation sites is 1. The summed E-state index contributed by atoms with van der Waals surface area (Å²) in [7, 11) is 0. The van der Waals surface area contributed by atoms with Gasteiger partial charge in [-0.2, -0.15) is 0 Å². The number of carbonyl (C=O) groups is 1. The fraction of sp³-hybridized carbons (Fsp3) is 0.333. The SMILES string of the molecule is Cc1ccccc1-c1cc(C(=O)N2[C@H](C)CCC[C@@H]2C)c2ccccc2n1. The standard InChI is InChI=1S/C24H26N2O/c1-16-9-4-5-12-19(16)23-15-21(20-13-6-7-14-22(20)25-23)24(27)26-17(2)10-8-11-18(26)3/h4-7,9,12-15,17-18H,8,10-11H2,1-3H3/t17-,18+. The van der Waals surface area contributed by atoms with E-state index in [1.165, 1.54) is 12.0 Å². The molecule has 0 unspecified atom stereocenters. The fourth-order valence-electron chi connectivity index (χ4n) is 4.31. The lowest BCUT2D eigenvalue weighted by molar-refractivity contribution is 0.0513. The first-order valence-corrected chi connectivity index (χ1v) is 9.84. The molecule has 1 saturated heterocycles. The van der Waals surface area contributed by atoms with E-state index < -0.39 is 0 Å². The Morgan fingerprint density at radius 1 is 1.00 bits per heavy atom. The van der Waals surface area contributed by atoms with Crippen molar-refractivity contribution in [3.8, 4) is 11.3 Å². The maximum atomic E-state index is 13.6. The Labute approximate surface area is 161 Å². The lowest BCUT2D eigenvalue weighted by Gasteiger charge is -2.39. The van der Waals surface area contributed by atoms with Crippen molar-refractivity contribution in [1.29, 1.82) is 0 Å². The number of aromatic nitrogens is 1. The number of amides is 1. The second-order valence-corrected chi connectivity index (χ2v) is 7.73. The zero-order valence-electron chi connectivity index (χ0n) is 16.3. The minimum absolute atomic E-state index is 0.128. The topological polar surface area (TPSA) is 33.2 Å². The molecule has 0 radical (unpaired) electrons. The van der Waals surface area contributed by atoms with Crippen molar-refractivity contribution in [1.82, 2.24) is 9.88 Å². The van der Waals surface area contributed by atoms with Crippen LogP contribution >= 0.6 is 0 Å². The van der Waals surface area contributed by atoms with E-state index in [1.807, 2.05) is 42.5 Å². The average Bonchev–Trinajstić information content (AvgIpc) is 2.67. The second-order valence-electron chi connectivity index (χ2n) is 7.73. The smallest absolute Gasteiger partial charge is 0.255 e. The van der Waals surface area contributed by atoms with Crippen LogP contribution in [0.3, 0.4) is 0 Å². The Morgan fingerprint density at radius 2 is 1.67 bits per heavy atom. The van der Waals surface area contributed by atoms with E-state index in [9.17, 15) is 4.79 Å². The number of aryl methyl sites for hydroxylation is 1. The van der Waals surface area contributed by atoms with Crippen LogP contribution in [0.5, 0.6) is 0 Å². The van der Waals surface area contributed by atoms with Crippen molar-refractivity contribution < 1.29 is 4.79 Å². The van der Waals surface area contributed by atoms with Gasteiger partial charge in [-0.25, -0.2) is 4.98 Å². The van der Waals surface area contributed by atoms with Crippen LogP contribution in [0.2, 0.25) is 0 Å². The summed E-state index contributed by atoms with van der Waals surface area (Å²) in [6, 6.07) is 18.7. The molecule has 0 bridgehead atoms. The largest absolute Gasteiger partial charge is 0.333 e. The van der Waals surface area contributed by atoms with Crippen LogP contribution in [0.1, 0.15) is 49.0 Å². The molecule has 27 heavy (non-hydrogen) atoms. The number of piperidine rings is 1. The molecular formula is C24H26N2O. The van der Waals surface area contributed by atoms with Gasteiger partial charge in [0.25, 0.3) is 5.91 Å². The molecule has 3 aromatic rings. The second kappa shape index (κ2) is 7.15. The van der Waals surface area contributed by atoms with Gasteiger partial charge < -0.3 is 4.90 Å². The molecule has 2 atom stereocenters. The van der Waals surface area contributed by atoms with E-state index in [4.69, 9.17) is 4.98 Å². The molecule has 0 aliphatic carbocycles. The summed E-state index contributed by atoms with van der Waals surface area (Å²) >= 11 is 0. The van der Waals surface area contributed by atoms with Gasteiger partial charge in [-0.15, -0.1) is 0 Å². The van der Waals surface area contributed by atoms with E-state index >= 15 is 0 Å². The van der Waals surface area contributed by atoms with Gasteiger partial charge in [0.1, 0.15) is 0 Å². The molecule has 3 nitrogen and oxygen atoms in total. The average molecular weight is 358 g/mol. The third-order valence-electron chi connectivity index (χ3n) is 5.80. The molecule has 1 amide bonds. The maximum Gasteiger partial charge on any atom is 0.255 e. The molecule has 3 heteroatoms. The van der Waals surface area contributed by atoms with Gasteiger partial charge in [-0.05, 0) is 57.7 Å². The van der Waals surface area contributed by atoms with Crippen LogP contribution in [0.25, 0.3) is 22.2 Å². The van der Waals surface area contributed by atoms with Crippen molar-refractivity contribution in [2.75, 3.05) is 0 Å². The molecule has 1 aromatic heterocycles. The highest BCUT2D eigenvalue weighted by Crippen LogP contribution is 2.30. The number of fused-ring (bicyclic) bond motifs is 1. The Hall–Kier alpha value is -2.68. The van der Waals surface area contributed by atoms with E-state index in [1.54, 1.807) is 0 Å². The van der Waals surface area contributed by atoms with Crippen LogP contribution in [0, 0.1) is 6.92 Å². The first-order chi connectivity index (χ1) is 13.1. The highest BCUT2D eigenvalue weighted by molar-refractivity contribution is 6.07. The molecule has 0 spiro atoms. The van der Waals surface area contributed by atoms with Gasteiger partial charge in [-0.3, -0.25) is 4.79 Å². The molecule has 1 aliphatic heterocycles. The Kier molecular flexibility index (Phi) is 4.69. The number of hydrogen-bond acceptors (Lipinski definition) is 2. The first kappa shape index (κ1) is 17.7. The monoisotopic (exact) mass is 358 g/mol. The molecule has 0 N–H and O–H groups in total. The predicted octanol–water partition coefficient (Wildman–Crippen LogP) is 5.61. The lowest BCUT2D eigenvalue weighted by Crippen LogP contribution is -2.47. The number of rotatable bonds is 2. The first-order valence-electron chi connectivity index (χ1n) is 9.84. The predicted molar refractivity (Wildman–Crippen MR) is 111 cm³/mol. The number of hydrogen-bond donors (Lipinski definition) is 0. The summed E-state index contributed by atoms with van der Waals surface area (Å²) in [5, 5.41) is 0.935. The molecule has 4 rings (SSSR count). The Bertz CT molecular complexity index is 985. The Morgan fingerprint density at radius 3 is 2.41 bits per heavy atom. The third-order valence-corrected chi connectivity index (χ3v) is 5.80. The summed E-state index contributed by atoms with van der Waals surface area (Å²) in [4.78, 5) is 20.5. The number of nitrogens with zero attached hydrogens (tertiary/aromatic N) is 2. The van der Waals surface area contributed by atoms with Crippen molar-refractivity contribution >= 4 is 16.8 Å². The lowest BCUT2D eigenvalue weighted by atomic mass is 9.95. The van der Waals surface area contributed by atoms with Crippen molar-refractivity contribution in [2.45, 2.75) is 52.1 Å². The molecular weight excluding hydrogens is 332 g/mol. The molecule has 2 heterocycles. The molecule has 1 fully saturated rings. The number of benzene rings is 2.